The summed E-state index contributed by atoms with van der Waals surface area (Å²) in [5.41, 5.74) is 1.16. The summed E-state index contributed by atoms with van der Waals surface area (Å²) in [5, 5.41) is 4.67. The van der Waals surface area contributed by atoms with Crippen LogP contribution in [0.3, 0.4) is 0 Å². The van der Waals surface area contributed by atoms with Crippen LogP contribution in [0, 0.1) is 11.8 Å². The number of hydrogen-bond acceptors (Lipinski definition) is 5. The number of esters is 1. The Balaban J connectivity index is 2.03. The molecule has 0 spiro atoms. The van der Waals surface area contributed by atoms with E-state index in [2.05, 4.69) is 21.9 Å². The van der Waals surface area contributed by atoms with E-state index in [0.717, 1.165) is 4.90 Å². The van der Waals surface area contributed by atoms with E-state index in [9.17, 15) is 4.79 Å². The minimum absolute atomic E-state index is 0.208. The van der Waals surface area contributed by atoms with E-state index in [4.69, 9.17) is 16.3 Å². The van der Waals surface area contributed by atoms with Crippen molar-refractivity contribution in [1.82, 2.24) is 14.8 Å². The number of ether oxygens (including phenoxy) is 1. The molecular weight excluding hydrogens is 334 g/mol. The summed E-state index contributed by atoms with van der Waals surface area (Å²) in [6.45, 7) is 2.18. The lowest BCUT2D eigenvalue weighted by molar-refractivity contribution is -0.142. The molecule has 23 heavy (non-hydrogen) atoms. The zero-order valence-electron chi connectivity index (χ0n) is 12.9. The van der Waals surface area contributed by atoms with Gasteiger partial charge in [-0.3, -0.25) is 9.48 Å². The third-order valence-electron chi connectivity index (χ3n) is 2.75. The Morgan fingerprint density at radius 2 is 2.26 bits per heavy atom. The quantitative estimate of drug-likeness (QED) is 0.472. The fourth-order valence-corrected chi connectivity index (χ4v) is 2.90. The van der Waals surface area contributed by atoms with E-state index in [0.29, 0.717) is 35.2 Å². The van der Waals surface area contributed by atoms with Gasteiger partial charge in [-0.2, -0.15) is 5.10 Å². The van der Waals surface area contributed by atoms with Crippen molar-refractivity contribution < 1.29 is 9.53 Å². The Hall–Kier alpha value is -1.97. The van der Waals surface area contributed by atoms with Crippen LogP contribution < -0.4 is 0 Å². The lowest BCUT2D eigenvalue weighted by Gasteiger charge is -2.05. The van der Waals surface area contributed by atoms with Crippen LogP contribution in [0.1, 0.15) is 24.7 Å². The molecule has 0 aliphatic carbocycles. The van der Waals surface area contributed by atoms with E-state index in [1.54, 1.807) is 17.8 Å². The smallest absolute Gasteiger partial charge is 0.306 e. The number of pyridine rings is 1. The molecule has 0 aliphatic heterocycles. The van der Waals surface area contributed by atoms with E-state index in [-0.39, 0.29) is 5.97 Å². The Bertz CT molecular complexity index is 749. The number of hydrogen-bond donors (Lipinski definition) is 0. The molecule has 0 radical (unpaired) electrons. The van der Waals surface area contributed by atoms with Gasteiger partial charge in [0.25, 0.3) is 0 Å². The molecule has 7 heteroatoms. The van der Waals surface area contributed by atoms with Crippen molar-refractivity contribution >= 4 is 29.3 Å². The van der Waals surface area contributed by atoms with Crippen molar-refractivity contribution in [2.24, 2.45) is 7.05 Å². The lowest BCUT2D eigenvalue weighted by atomic mass is 10.3. The van der Waals surface area contributed by atoms with Crippen LogP contribution in [-0.2, 0) is 16.6 Å². The first-order valence-corrected chi connectivity index (χ1v) is 8.41. The lowest BCUT2D eigenvalue weighted by Crippen LogP contribution is -2.04. The van der Waals surface area contributed by atoms with Gasteiger partial charge in [-0.25, -0.2) is 4.98 Å². The van der Waals surface area contributed by atoms with Crippen LogP contribution in [0.5, 0.6) is 0 Å². The van der Waals surface area contributed by atoms with Crippen LogP contribution in [0.25, 0.3) is 0 Å². The van der Waals surface area contributed by atoms with E-state index in [1.807, 2.05) is 25.4 Å². The van der Waals surface area contributed by atoms with Gasteiger partial charge in [0.1, 0.15) is 11.4 Å². The third-order valence-corrected chi connectivity index (χ3v) is 4.30. The van der Waals surface area contributed by atoms with E-state index < -0.39 is 0 Å². The molecule has 0 saturated heterocycles. The van der Waals surface area contributed by atoms with Crippen molar-refractivity contribution in [3.8, 4) is 11.8 Å². The number of carbonyl (C=O) groups is 1. The zero-order chi connectivity index (χ0) is 16.7. The number of aromatic nitrogens is 3. The van der Waals surface area contributed by atoms with Crippen LogP contribution in [-0.4, -0.2) is 33.1 Å². The summed E-state index contributed by atoms with van der Waals surface area (Å²) in [6.07, 6.45) is 3.81. The number of rotatable bonds is 5. The largest absolute Gasteiger partial charge is 0.466 e. The predicted molar refractivity (Wildman–Crippen MR) is 90.4 cm³/mol. The minimum atomic E-state index is -0.208. The second-order valence-corrected chi connectivity index (χ2v) is 6.01. The molecule has 0 aliphatic rings. The summed E-state index contributed by atoms with van der Waals surface area (Å²) < 4.78 is 6.58. The highest BCUT2D eigenvalue weighted by Gasteiger charge is 2.08. The molecule has 0 amide bonds. The van der Waals surface area contributed by atoms with Crippen LogP contribution >= 0.6 is 23.4 Å². The topological polar surface area (TPSA) is 57.0 Å². The van der Waals surface area contributed by atoms with Gasteiger partial charge in [0, 0.05) is 30.1 Å². The second-order valence-electron chi connectivity index (χ2n) is 4.50. The molecular formula is C16H16ClN3O2S. The summed E-state index contributed by atoms with van der Waals surface area (Å²) in [7, 11) is 1.83. The highest BCUT2D eigenvalue weighted by molar-refractivity contribution is 7.99. The van der Waals surface area contributed by atoms with Crippen molar-refractivity contribution in [3.05, 3.63) is 40.9 Å². The zero-order valence-corrected chi connectivity index (χ0v) is 14.4. The average molecular weight is 350 g/mol. The fraction of sp³-hybridized carbons (Fsp3) is 0.312. The first-order valence-electron chi connectivity index (χ1n) is 7.04. The number of halogens is 1. The van der Waals surface area contributed by atoms with Gasteiger partial charge in [-0.15, -0.1) is 11.8 Å². The molecule has 2 aromatic heterocycles. The Kier molecular flexibility index (Phi) is 6.51. The monoisotopic (exact) mass is 349 g/mol. The van der Waals surface area contributed by atoms with E-state index in [1.165, 1.54) is 11.8 Å². The van der Waals surface area contributed by atoms with Gasteiger partial charge < -0.3 is 4.74 Å². The highest BCUT2D eigenvalue weighted by Crippen LogP contribution is 2.29. The molecule has 2 heterocycles. The summed E-state index contributed by atoms with van der Waals surface area (Å²) in [5.74, 6) is 6.24. The first kappa shape index (κ1) is 17.4. The molecule has 0 bridgehead atoms. The first-order chi connectivity index (χ1) is 11.1. The fourth-order valence-electron chi connectivity index (χ4n) is 1.71. The molecule has 0 N–H and O–H groups in total. The molecule has 0 saturated carbocycles. The normalized spacial score (nSPS) is 10.0. The van der Waals surface area contributed by atoms with Gasteiger partial charge in [-0.1, -0.05) is 11.6 Å². The van der Waals surface area contributed by atoms with E-state index >= 15 is 0 Å². The third kappa shape index (κ3) is 5.31. The van der Waals surface area contributed by atoms with Gasteiger partial charge in [0.15, 0.2) is 0 Å². The molecule has 0 atom stereocenters. The van der Waals surface area contributed by atoms with Crippen LogP contribution in [0.2, 0.25) is 5.02 Å². The molecule has 0 aromatic carbocycles. The molecule has 2 rings (SSSR count). The summed E-state index contributed by atoms with van der Waals surface area (Å²) >= 11 is 7.81. The average Bonchev–Trinajstić information content (AvgIpc) is 2.93. The number of thioether (sulfide) groups is 1. The van der Waals surface area contributed by atoms with Crippen molar-refractivity contribution in [1.29, 1.82) is 0 Å². The second kappa shape index (κ2) is 8.61. The van der Waals surface area contributed by atoms with Gasteiger partial charge in [0.2, 0.25) is 0 Å². The molecule has 2 aromatic rings. The van der Waals surface area contributed by atoms with Gasteiger partial charge >= 0.3 is 5.97 Å². The predicted octanol–water partition coefficient (Wildman–Crippen LogP) is 2.91. The Labute approximate surface area is 144 Å². The minimum Gasteiger partial charge on any atom is -0.466 e. The number of carbonyl (C=O) groups excluding carboxylic acids is 1. The number of nitrogens with zero attached hydrogens (tertiary/aromatic N) is 3. The van der Waals surface area contributed by atoms with Crippen LogP contribution in [0.4, 0.5) is 0 Å². The van der Waals surface area contributed by atoms with Crippen LogP contribution in [0.15, 0.2) is 29.4 Å². The van der Waals surface area contributed by atoms with Gasteiger partial charge in [0.05, 0.1) is 18.1 Å². The Morgan fingerprint density at radius 1 is 1.43 bits per heavy atom. The summed E-state index contributed by atoms with van der Waals surface area (Å²) in [6, 6.07) is 3.63. The number of aryl methyl sites for hydroxylation is 1. The SMILES string of the molecule is CCOC(=O)CCSc1ccnc(C#Cc2ccn(C)n2)c1Cl. The van der Waals surface area contributed by atoms with Crippen molar-refractivity contribution in [3.63, 3.8) is 0 Å². The molecule has 120 valence electrons. The van der Waals surface area contributed by atoms with Crippen molar-refractivity contribution in [2.45, 2.75) is 18.2 Å². The highest BCUT2D eigenvalue weighted by atomic mass is 35.5. The van der Waals surface area contributed by atoms with Crippen molar-refractivity contribution in [2.75, 3.05) is 12.4 Å². The Morgan fingerprint density at radius 3 is 2.96 bits per heavy atom. The summed E-state index contributed by atoms with van der Waals surface area (Å²) in [4.78, 5) is 16.4. The maximum absolute atomic E-state index is 11.3. The maximum atomic E-state index is 11.3. The molecule has 0 fully saturated rings. The molecule has 0 unspecified atom stereocenters. The maximum Gasteiger partial charge on any atom is 0.306 e. The van der Waals surface area contributed by atoms with Gasteiger partial charge in [-0.05, 0) is 30.9 Å². The molecule has 5 nitrogen and oxygen atoms in total. The standard InChI is InChI=1S/C16H16ClN3O2S/c1-3-22-15(21)8-11-23-14-6-9-18-13(16(14)17)5-4-12-7-10-20(2)19-12/h6-7,9-10H,3,8,11H2,1-2H3.